The van der Waals surface area contributed by atoms with E-state index in [4.69, 9.17) is 5.11 Å². The van der Waals surface area contributed by atoms with E-state index in [9.17, 15) is 26.3 Å². The van der Waals surface area contributed by atoms with Crippen molar-refractivity contribution in [3.8, 4) is 5.75 Å². The summed E-state index contributed by atoms with van der Waals surface area (Å²) in [5, 5.41) is 13.6. The fraction of sp³-hybridized carbons (Fsp3) is 0.286. The predicted molar refractivity (Wildman–Crippen MR) is 79.0 cm³/mol. The molecule has 0 bridgehead atoms. The molecule has 6 nitrogen and oxygen atoms in total. The molecule has 26 heavy (non-hydrogen) atoms. The van der Waals surface area contributed by atoms with Crippen molar-refractivity contribution in [3.05, 3.63) is 36.0 Å². The molecule has 0 aliphatic rings. The number of aromatic nitrogens is 2. The number of ether oxygens (including phenoxy) is 1. The first-order valence-electron chi connectivity index (χ1n) is 7.01. The number of hydrogen-bond donors (Lipinski definition) is 3. The van der Waals surface area contributed by atoms with Crippen LogP contribution >= 0.6 is 0 Å². The van der Waals surface area contributed by atoms with Crippen LogP contribution in [0.25, 0.3) is 0 Å². The molecule has 2 aromatic rings. The lowest BCUT2D eigenvalue weighted by molar-refractivity contribution is -0.274. The second-order valence-electron chi connectivity index (χ2n) is 4.81. The minimum absolute atomic E-state index is 0.0201. The van der Waals surface area contributed by atoms with Gasteiger partial charge in [-0.1, -0.05) is 6.07 Å². The Morgan fingerprint density at radius 2 is 1.77 bits per heavy atom. The van der Waals surface area contributed by atoms with E-state index < -0.39 is 29.9 Å². The van der Waals surface area contributed by atoms with Crippen molar-refractivity contribution in [2.75, 3.05) is 23.8 Å². The molecule has 0 amide bonds. The lowest BCUT2D eigenvalue weighted by Crippen LogP contribution is -2.17. The van der Waals surface area contributed by atoms with E-state index in [1.54, 1.807) is 0 Å². The Kier molecular flexibility index (Phi) is 5.75. The van der Waals surface area contributed by atoms with Gasteiger partial charge in [-0.15, -0.1) is 13.2 Å². The predicted octanol–water partition coefficient (Wildman–Crippen LogP) is 3.54. The van der Waals surface area contributed by atoms with Crippen LogP contribution in [0.2, 0.25) is 0 Å². The molecule has 0 unspecified atom stereocenters. The van der Waals surface area contributed by atoms with E-state index in [0.717, 1.165) is 12.1 Å². The number of alkyl halides is 6. The minimum atomic E-state index is -4.90. The highest BCUT2D eigenvalue weighted by atomic mass is 19.4. The van der Waals surface area contributed by atoms with Crippen molar-refractivity contribution in [2.45, 2.75) is 12.5 Å². The van der Waals surface area contributed by atoms with Gasteiger partial charge >= 0.3 is 12.5 Å². The molecular weight excluding hydrogens is 370 g/mol. The third-order valence-corrected chi connectivity index (χ3v) is 2.75. The van der Waals surface area contributed by atoms with Gasteiger partial charge in [-0.3, -0.25) is 0 Å². The average Bonchev–Trinajstić information content (AvgIpc) is 2.50. The number of nitrogens with one attached hydrogen (secondary N) is 2. The zero-order valence-corrected chi connectivity index (χ0v) is 12.8. The molecule has 1 aromatic heterocycles. The number of anilines is 3. The quantitative estimate of drug-likeness (QED) is 0.664. The van der Waals surface area contributed by atoms with Crippen LogP contribution in [0.5, 0.6) is 5.75 Å². The van der Waals surface area contributed by atoms with Gasteiger partial charge in [-0.05, 0) is 12.1 Å². The highest BCUT2D eigenvalue weighted by Crippen LogP contribution is 2.31. The Balaban J connectivity index is 2.29. The third kappa shape index (κ3) is 5.95. The van der Waals surface area contributed by atoms with E-state index in [2.05, 4.69) is 25.3 Å². The molecule has 0 atom stereocenters. The van der Waals surface area contributed by atoms with Crippen LogP contribution in [0.15, 0.2) is 30.3 Å². The summed E-state index contributed by atoms with van der Waals surface area (Å²) in [5.41, 5.74) is -1.25. The maximum Gasteiger partial charge on any atom is 0.573 e. The molecule has 142 valence electrons. The van der Waals surface area contributed by atoms with E-state index in [-0.39, 0.29) is 24.7 Å². The van der Waals surface area contributed by atoms with Gasteiger partial charge in [-0.2, -0.15) is 18.2 Å². The van der Waals surface area contributed by atoms with Gasteiger partial charge in [-0.25, -0.2) is 4.98 Å². The number of aliphatic hydroxyl groups is 1. The van der Waals surface area contributed by atoms with Crippen LogP contribution in [-0.4, -0.2) is 34.6 Å². The van der Waals surface area contributed by atoms with Crippen LogP contribution in [-0.2, 0) is 6.18 Å². The first-order valence-corrected chi connectivity index (χ1v) is 7.01. The molecule has 0 aliphatic carbocycles. The molecule has 0 radical (unpaired) electrons. The van der Waals surface area contributed by atoms with Gasteiger partial charge in [0.1, 0.15) is 11.6 Å². The van der Waals surface area contributed by atoms with Crippen LogP contribution < -0.4 is 15.4 Å². The Labute approximate surface area is 142 Å². The first-order chi connectivity index (χ1) is 12.1. The number of aliphatic hydroxyl groups excluding tert-OH is 1. The van der Waals surface area contributed by atoms with Crippen LogP contribution in [0.3, 0.4) is 0 Å². The lowest BCUT2D eigenvalue weighted by Gasteiger charge is -2.13. The van der Waals surface area contributed by atoms with Crippen LogP contribution in [0, 0.1) is 0 Å². The summed E-state index contributed by atoms with van der Waals surface area (Å²) < 4.78 is 79.2. The molecule has 0 saturated carbocycles. The molecule has 1 heterocycles. The molecule has 3 N–H and O–H groups in total. The number of rotatable bonds is 6. The van der Waals surface area contributed by atoms with E-state index in [1.165, 1.54) is 12.1 Å². The normalized spacial score (nSPS) is 12.0. The number of hydrogen-bond acceptors (Lipinski definition) is 6. The average molecular weight is 382 g/mol. The largest absolute Gasteiger partial charge is 0.573 e. The lowest BCUT2D eigenvalue weighted by atomic mass is 10.3. The molecule has 0 fully saturated rings. The maximum absolute atomic E-state index is 12.9. The van der Waals surface area contributed by atoms with E-state index >= 15 is 0 Å². The summed E-state index contributed by atoms with van der Waals surface area (Å²) in [7, 11) is 0. The Hall–Kier alpha value is -2.76. The second-order valence-corrected chi connectivity index (χ2v) is 4.81. The molecule has 12 heteroatoms. The molecule has 2 rings (SSSR count). The van der Waals surface area contributed by atoms with Gasteiger partial charge in [0.15, 0.2) is 5.69 Å². The van der Waals surface area contributed by atoms with Gasteiger partial charge in [0, 0.05) is 24.4 Å². The standard InChI is InChI=1S/C14H12F6N4O2/c15-13(16,17)10-7-11(24-12(23-10)21-4-5-25)22-8-2-1-3-9(6-8)26-14(18,19)20/h1-3,6-7,25H,4-5H2,(H2,21,22,23,24). The minimum Gasteiger partial charge on any atom is -0.406 e. The number of benzene rings is 1. The summed E-state index contributed by atoms with van der Waals surface area (Å²) in [6.07, 6.45) is -9.67. The van der Waals surface area contributed by atoms with Crippen molar-refractivity contribution in [1.29, 1.82) is 0 Å². The van der Waals surface area contributed by atoms with Gasteiger partial charge < -0.3 is 20.5 Å². The summed E-state index contributed by atoms with van der Waals surface area (Å²) in [6.45, 7) is -0.450. The third-order valence-electron chi connectivity index (χ3n) is 2.75. The molecule has 1 aromatic carbocycles. The van der Waals surface area contributed by atoms with Crippen molar-refractivity contribution in [1.82, 2.24) is 9.97 Å². The number of nitrogens with zero attached hydrogens (tertiary/aromatic N) is 2. The zero-order chi connectivity index (χ0) is 19.4. The summed E-state index contributed by atoms with van der Waals surface area (Å²) in [4.78, 5) is 7.05. The smallest absolute Gasteiger partial charge is 0.406 e. The molecular formula is C14H12F6N4O2. The second kappa shape index (κ2) is 7.64. The summed E-state index contributed by atoms with van der Waals surface area (Å²) in [5.74, 6) is -1.26. The van der Waals surface area contributed by atoms with E-state index in [1.807, 2.05) is 0 Å². The van der Waals surface area contributed by atoms with Crippen molar-refractivity contribution in [2.24, 2.45) is 0 Å². The topological polar surface area (TPSA) is 79.3 Å². The molecule has 0 aliphatic heterocycles. The Bertz CT molecular complexity index is 751. The first kappa shape index (κ1) is 19.6. The van der Waals surface area contributed by atoms with Crippen molar-refractivity contribution >= 4 is 17.5 Å². The monoisotopic (exact) mass is 382 g/mol. The SMILES string of the molecule is OCCNc1nc(Nc2cccc(OC(F)(F)F)c2)cc(C(F)(F)F)n1. The molecule has 0 spiro atoms. The highest BCUT2D eigenvalue weighted by Gasteiger charge is 2.34. The summed E-state index contributed by atoms with van der Waals surface area (Å²) >= 11 is 0. The van der Waals surface area contributed by atoms with Crippen molar-refractivity contribution in [3.63, 3.8) is 0 Å². The van der Waals surface area contributed by atoms with Crippen LogP contribution in [0.4, 0.5) is 43.8 Å². The Morgan fingerprint density at radius 3 is 2.38 bits per heavy atom. The highest BCUT2D eigenvalue weighted by molar-refractivity contribution is 5.59. The van der Waals surface area contributed by atoms with Crippen LogP contribution in [0.1, 0.15) is 5.69 Å². The fourth-order valence-corrected chi connectivity index (χ4v) is 1.82. The van der Waals surface area contributed by atoms with E-state index in [0.29, 0.717) is 6.07 Å². The number of halogens is 6. The van der Waals surface area contributed by atoms with Gasteiger partial charge in [0.25, 0.3) is 0 Å². The summed E-state index contributed by atoms with van der Waals surface area (Å²) in [6, 6.07) is 5.12. The fourth-order valence-electron chi connectivity index (χ4n) is 1.82. The van der Waals surface area contributed by atoms with Crippen molar-refractivity contribution < 1.29 is 36.2 Å². The van der Waals surface area contributed by atoms with Gasteiger partial charge in [0.05, 0.1) is 6.61 Å². The Morgan fingerprint density at radius 1 is 1.04 bits per heavy atom. The molecule has 0 saturated heterocycles. The van der Waals surface area contributed by atoms with Gasteiger partial charge in [0.2, 0.25) is 5.95 Å². The maximum atomic E-state index is 12.9. The zero-order valence-electron chi connectivity index (χ0n) is 12.8.